The molecular formula is C6H14F2NP. The summed E-state index contributed by atoms with van der Waals surface area (Å²) in [6.45, 7) is 2.86. The van der Waals surface area contributed by atoms with Gasteiger partial charge in [-0.3, -0.25) is 0 Å². The van der Waals surface area contributed by atoms with Gasteiger partial charge in [-0.1, -0.05) is 23.1 Å². The molecule has 1 N–H and O–H groups in total. The molecule has 0 aromatic carbocycles. The van der Waals surface area contributed by atoms with E-state index in [4.69, 9.17) is 0 Å². The summed E-state index contributed by atoms with van der Waals surface area (Å²) in [7, 11) is 1.85. The quantitative estimate of drug-likeness (QED) is 0.629. The predicted octanol–water partition coefficient (Wildman–Crippen LogP) is 1.49. The molecule has 4 heteroatoms. The van der Waals surface area contributed by atoms with Crippen LogP contribution in [0.3, 0.4) is 0 Å². The molecule has 0 saturated carbocycles. The molecular weight excluding hydrogens is 155 g/mol. The highest BCUT2D eigenvalue weighted by atomic mass is 31.0. The first kappa shape index (κ1) is 10.2. The van der Waals surface area contributed by atoms with Crippen LogP contribution < -0.4 is 5.32 Å². The van der Waals surface area contributed by atoms with Crippen LogP contribution in [0.15, 0.2) is 0 Å². The Bertz CT molecular complexity index is 95.7. The molecule has 0 aromatic heterocycles. The van der Waals surface area contributed by atoms with E-state index in [1.54, 1.807) is 0 Å². The summed E-state index contributed by atoms with van der Waals surface area (Å²) in [6, 6.07) is 0.197. The Morgan fingerprint density at radius 1 is 1.60 bits per heavy atom. The van der Waals surface area contributed by atoms with E-state index in [0.29, 0.717) is 0 Å². The third-order valence-electron chi connectivity index (χ3n) is 1.03. The molecule has 10 heavy (non-hydrogen) atoms. The average molecular weight is 169 g/mol. The minimum Gasteiger partial charge on any atom is -0.311 e. The molecule has 0 fully saturated rings. The normalized spacial score (nSPS) is 17.4. The Kier molecular flexibility index (Phi) is 4.30. The monoisotopic (exact) mass is 169 g/mol. The Labute approximate surface area is 62.8 Å². The topological polar surface area (TPSA) is 12.0 Å². The second-order valence-corrected chi connectivity index (χ2v) is 3.74. The fourth-order valence-electron chi connectivity index (χ4n) is 0.421. The van der Waals surface area contributed by atoms with Gasteiger partial charge in [-0.15, -0.1) is 0 Å². The number of rotatable bonds is 4. The van der Waals surface area contributed by atoms with Gasteiger partial charge in [0.1, 0.15) is 6.67 Å². The summed E-state index contributed by atoms with van der Waals surface area (Å²) in [5.41, 5.74) is 0. The van der Waals surface area contributed by atoms with Crippen LogP contribution in [0.5, 0.6) is 0 Å². The molecule has 0 heterocycles. The molecule has 0 amide bonds. The highest BCUT2D eigenvalue weighted by Crippen LogP contribution is 2.19. The van der Waals surface area contributed by atoms with Crippen molar-refractivity contribution in [2.45, 2.75) is 25.3 Å². The maximum absolute atomic E-state index is 12.7. The molecule has 0 aliphatic rings. The van der Waals surface area contributed by atoms with E-state index in [2.05, 4.69) is 5.32 Å². The molecule has 0 rings (SSSR count). The predicted molar refractivity (Wildman–Crippen MR) is 42.7 cm³/mol. The first-order valence-corrected chi connectivity index (χ1v) is 3.83. The molecule has 0 spiro atoms. The van der Waals surface area contributed by atoms with Gasteiger partial charge in [0.15, 0.2) is 5.41 Å². The second-order valence-electron chi connectivity index (χ2n) is 2.70. The summed E-state index contributed by atoms with van der Waals surface area (Å²) in [5, 5.41) is 1.01. The minimum atomic E-state index is -1.79. The van der Waals surface area contributed by atoms with E-state index in [1.807, 2.05) is 23.1 Å². The van der Waals surface area contributed by atoms with Crippen molar-refractivity contribution >= 4 is 9.24 Å². The van der Waals surface area contributed by atoms with Crippen LogP contribution in [0.25, 0.3) is 0 Å². The number of alkyl halides is 2. The maximum Gasteiger partial charge on any atom is 0.164 e. The Balaban J connectivity index is 3.46. The standard InChI is InChI=1S/C6H14F2NP/c1-5(2)9-4-6(8,10)3-7/h5,9H,3-4,10H2,1-2H3. The summed E-state index contributed by atoms with van der Waals surface area (Å²) < 4.78 is 24.5. The van der Waals surface area contributed by atoms with E-state index in [0.717, 1.165) is 0 Å². The van der Waals surface area contributed by atoms with Crippen LogP contribution in [0.2, 0.25) is 0 Å². The Morgan fingerprint density at radius 3 is 2.40 bits per heavy atom. The van der Waals surface area contributed by atoms with Crippen molar-refractivity contribution in [2.24, 2.45) is 0 Å². The Morgan fingerprint density at radius 2 is 2.10 bits per heavy atom. The van der Waals surface area contributed by atoms with Crippen molar-refractivity contribution in [2.75, 3.05) is 13.2 Å². The fourth-order valence-corrected chi connectivity index (χ4v) is 0.539. The van der Waals surface area contributed by atoms with Gasteiger partial charge in [0, 0.05) is 12.6 Å². The van der Waals surface area contributed by atoms with Gasteiger partial charge >= 0.3 is 0 Å². The summed E-state index contributed by atoms with van der Waals surface area (Å²) >= 11 is 0. The lowest BCUT2D eigenvalue weighted by atomic mass is 10.3. The molecule has 0 bridgehead atoms. The van der Waals surface area contributed by atoms with Gasteiger partial charge < -0.3 is 5.32 Å². The first-order chi connectivity index (χ1) is 4.48. The Hall–Kier alpha value is 0.250. The lowest BCUT2D eigenvalue weighted by Crippen LogP contribution is -2.36. The highest BCUT2D eigenvalue weighted by molar-refractivity contribution is 7.18. The second kappa shape index (κ2) is 4.20. The van der Waals surface area contributed by atoms with E-state index < -0.39 is 12.1 Å². The molecule has 62 valence electrons. The van der Waals surface area contributed by atoms with Gasteiger partial charge in [0.05, 0.1) is 0 Å². The molecule has 2 atom stereocenters. The highest BCUT2D eigenvalue weighted by Gasteiger charge is 2.22. The van der Waals surface area contributed by atoms with E-state index in [-0.39, 0.29) is 12.6 Å². The molecule has 0 saturated heterocycles. The van der Waals surface area contributed by atoms with Crippen LogP contribution >= 0.6 is 9.24 Å². The minimum absolute atomic E-state index is 0.0475. The lowest BCUT2D eigenvalue weighted by Gasteiger charge is -2.18. The zero-order chi connectivity index (χ0) is 8.20. The van der Waals surface area contributed by atoms with Gasteiger partial charge in [0.2, 0.25) is 0 Å². The summed E-state index contributed by atoms with van der Waals surface area (Å²) in [5.74, 6) is 0. The van der Waals surface area contributed by atoms with Crippen LogP contribution in [0.4, 0.5) is 8.78 Å². The van der Waals surface area contributed by atoms with Crippen molar-refractivity contribution in [3.63, 3.8) is 0 Å². The van der Waals surface area contributed by atoms with Crippen LogP contribution in [-0.2, 0) is 0 Å². The van der Waals surface area contributed by atoms with Crippen molar-refractivity contribution in [1.29, 1.82) is 0 Å². The molecule has 0 radical (unpaired) electrons. The largest absolute Gasteiger partial charge is 0.311 e. The molecule has 1 nitrogen and oxygen atoms in total. The van der Waals surface area contributed by atoms with Crippen LogP contribution in [0, 0.1) is 0 Å². The van der Waals surface area contributed by atoms with Gasteiger partial charge in [0.25, 0.3) is 0 Å². The molecule has 0 aliphatic carbocycles. The average Bonchev–Trinajstić information content (AvgIpc) is 1.85. The summed E-state index contributed by atoms with van der Waals surface area (Å²) in [4.78, 5) is 0. The van der Waals surface area contributed by atoms with E-state index >= 15 is 0 Å². The van der Waals surface area contributed by atoms with Gasteiger partial charge in [-0.05, 0) is 0 Å². The third kappa shape index (κ3) is 5.07. The van der Waals surface area contributed by atoms with Gasteiger partial charge in [-0.2, -0.15) is 0 Å². The van der Waals surface area contributed by atoms with E-state index in [9.17, 15) is 8.78 Å². The summed E-state index contributed by atoms with van der Waals surface area (Å²) in [6.07, 6.45) is 0. The van der Waals surface area contributed by atoms with Gasteiger partial charge in [-0.25, -0.2) is 8.78 Å². The van der Waals surface area contributed by atoms with Crippen molar-refractivity contribution < 1.29 is 8.78 Å². The zero-order valence-electron chi connectivity index (χ0n) is 6.32. The first-order valence-electron chi connectivity index (χ1n) is 3.25. The lowest BCUT2D eigenvalue weighted by molar-refractivity contribution is 0.212. The van der Waals surface area contributed by atoms with Crippen molar-refractivity contribution in [1.82, 2.24) is 5.32 Å². The molecule has 0 aromatic rings. The maximum atomic E-state index is 12.7. The third-order valence-corrected chi connectivity index (χ3v) is 1.38. The van der Waals surface area contributed by atoms with E-state index in [1.165, 1.54) is 0 Å². The number of hydrogen-bond acceptors (Lipinski definition) is 1. The van der Waals surface area contributed by atoms with Crippen LogP contribution in [-0.4, -0.2) is 24.7 Å². The zero-order valence-corrected chi connectivity index (χ0v) is 7.48. The number of hydrogen-bond donors (Lipinski definition) is 1. The smallest absolute Gasteiger partial charge is 0.164 e. The number of halogens is 2. The number of nitrogens with one attached hydrogen (secondary N) is 1. The van der Waals surface area contributed by atoms with Crippen molar-refractivity contribution in [3.05, 3.63) is 0 Å². The van der Waals surface area contributed by atoms with Crippen LogP contribution in [0.1, 0.15) is 13.8 Å². The molecule has 0 aliphatic heterocycles. The molecule has 2 unspecified atom stereocenters. The van der Waals surface area contributed by atoms with Crippen molar-refractivity contribution in [3.8, 4) is 0 Å². The fraction of sp³-hybridized carbons (Fsp3) is 1.00. The SMILES string of the molecule is CC(C)NCC(F)(P)CF.